The van der Waals surface area contributed by atoms with E-state index in [0.717, 1.165) is 61.3 Å². The number of pyridine rings is 1. The van der Waals surface area contributed by atoms with Gasteiger partial charge in [-0.25, -0.2) is 15.0 Å². The van der Waals surface area contributed by atoms with Gasteiger partial charge in [0.1, 0.15) is 0 Å². The molecule has 0 atom stereocenters. The maximum Gasteiger partial charge on any atom is 0.164 e. The molecule has 0 saturated heterocycles. The van der Waals surface area contributed by atoms with Crippen LogP contribution < -0.4 is 0 Å². The molecule has 11 aromatic rings. The van der Waals surface area contributed by atoms with Crippen LogP contribution in [0.15, 0.2) is 170 Å². The summed E-state index contributed by atoms with van der Waals surface area (Å²) in [5, 5.41) is 4.90. The SMILES string of the molecule is Cc1ccc2c(c1)c1cc(C)ccc1n2-c1ccncc1-c1cc(-c2nc(-c3ccccc3)nc(-c3ccccc3)n2)ccc1-n1c2ccc(C)cc2c2cc(C)ccc21. The predicted octanol–water partition coefficient (Wildman–Crippen LogP) is 13.4. The summed E-state index contributed by atoms with van der Waals surface area (Å²) in [4.78, 5) is 20.2. The summed E-state index contributed by atoms with van der Waals surface area (Å²) < 4.78 is 4.82. The normalized spacial score (nSPS) is 11.7. The number of aryl methyl sites for hydroxylation is 4. The van der Waals surface area contributed by atoms with Crippen molar-refractivity contribution < 1.29 is 0 Å². The standard InChI is InChI=1S/C54H40N6/c1-33-15-20-46-40(27-33)41-28-34(2)16-21-47(41)59(46)50-24-19-39(54-57-52(37-11-7-5-8-12-37)56-53(58-54)38-13-9-6-10-14-38)31-44(50)45-32-55-26-25-51(45)60-48-22-17-35(3)29-42(48)43-30-36(4)18-23-49(43)60/h5-32H,1-4H3. The van der Waals surface area contributed by atoms with Crippen molar-refractivity contribution in [3.8, 4) is 56.7 Å². The van der Waals surface area contributed by atoms with Gasteiger partial charge in [-0.15, -0.1) is 0 Å². The Morgan fingerprint density at radius 1 is 0.350 bits per heavy atom. The first-order valence-corrected chi connectivity index (χ1v) is 20.4. The first kappa shape index (κ1) is 35.5. The summed E-state index contributed by atoms with van der Waals surface area (Å²) >= 11 is 0. The van der Waals surface area contributed by atoms with Gasteiger partial charge >= 0.3 is 0 Å². The minimum absolute atomic E-state index is 0.595. The molecule has 6 nitrogen and oxygen atoms in total. The van der Waals surface area contributed by atoms with E-state index >= 15 is 0 Å². The number of fused-ring (bicyclic) bond motifs is 6. The third-order valence-corrected chi connectivity index (χ3v) is 11.7. The number of hydrogen-bond donors (Lipinski definition) is 0. The minimum atomic E-state index is 0.595. The molecule has 286 valence electrons. The Morgan fingerprint density at radius 2 is 0.750 bits per heavy atom. The molecule has 0 unspecified atom stereocenters. The molecule has 0 saturated carbocycles. The van der Waals surface area contributed by atoms with Gasteiger partial charge in [-0.3, -0.25) is 4.98 Å². The fourth-order valence-electron chi connectivity index (χ4n) is 8.83. The maximum atomic E-state index is 5.17. The van der Waals surface area contributed by atoms with Gasteiger partial charge in [0.05, 0.1) is 33.4 Å². The molecule has 0 amide bonds. The van der Waals surface area contributed by atoms with E-state index in [1.165, 1.54) is 43.8 Å². The Balaban J connectivity index is 1.23. The van der Waals surface area contributed by atoms with E-state index in [-0.39, 0.29) is 0 Å². The lowest BCUT2D eigenvalue weighted by molar-refractivity contribution is 1.07. The van der Waals surface area contributed by atoms with Crippen LogP contribution in [0, 0.1) is 27.7 Å². The number of nitrogens with zero attached hydrogens (tertiary/aromatic N) is 6. The molecular weight excluding hydrogens is 733 g/mol. The first-order valence-electron chi connectivity index (χ1n) is 20.4. The van der Waals surface area contributed by atoms with Crippen LogP contribution >= 0.6 is 0 Å². The third kappa shape index (κ3) is 5.87. The molecule has 0 aliphatic heterocycles. The highest BCUT2D eigenvalue weighted by molar-refractivity contribution is 6.12. The van der Waals surface area contributed by atoms with Crippen LogP contribution in [0.3, 0.4) is 0 Å². The summed E-state index contributed by atoms with van der Waals surface area (Å²) in [7, 11) is 0. The lowest BCUT2D eigenvalue weighted by Gasteiger charge is -2.19. The van der Waals surface area contributed by atoms with Gasteiger partial charge in [0.2, 0.25) is 0 Å². The molecule has 6 heteroatoms. The van der Waals surface area contributed by atoms with E-state index in [9.17, 15) is 0 Å². The van der Waals surface area contributed by atoms with E-state index in [1.54, 1.807) is 0 Å². The topological polar surface area (TPSA) is 61.4 Å². The maximum absolute atomic E-state index is 5.17. The van der Waals surface area contributed by atoms with Gasteiger partial charge in [0.25, 0.3) is 0 Å². The van der Waals surface area contributed by atoms with E-state index in [1.807, 2.05) is 73.1 Å². The fraction of sp³-hybridized carbons (Fsp3) is 0.0741. The van der Waals surface area contributed by atoms with Crippen LogP contribution in [0.4, 0.5) is 0 Å². The highest BCUT2D eigenvalue weighted by Crippen LogP contribution is 2.42. The smallest absolute Gasteiger partial charge is 0.164 e. The zero-order valence-corrected chi connectivity index (χ0v) is 33.8. The van der Waals surface area contributed by atoms with E-state index in [4.69, 9.17) is 19.9 Å². The molecule has 0 fully saturated rings. The van der Waals surface area contributed by atoms with E-state index in [2.05, 4.69) is 134 Å². The molecule has 0 N–H and O–H groups in total. The van der Waals surface area contributed by atoms with Crippen molar-refractivity contribution >= 4 is 43.6 Å². The summed E-state index contributed by atoms with van der Waals surface area (Å²) in [6.07, 6.45) is 3.91. The predicted molar refractivity (Wildman–Crippen MR) is 247 cm³/mol. The Kier molecular flexibility index (Phi) is 8.27. The van der Waals surface area contributed by atoms with Crippen molar-refractivity contribution in [1.82, 2.24) is 29.1 Å². The Hall–Kier alpha value is -7.70. The van der Waals surface area contributed by atoms with Crippen molar-refractivity contribution in [2.45, 2.75) is 27.7 Å². The van der Waals surface area contributed by atoms with Crippen LogP contribution in [0.2, 0.25) is 0 Å². The third-order valence-electron chi connectivity index (χ3n) is 11.7. The van der Waals surface area contributed by atoms with Crippen molar-refractivity contribution in [2.24, 2.45) is 0 Å². The van der Waals surface area contributed by atoms with Gasteiger partial charge in [-0.1, -0.05) is 107 Å². The molecule has 4 heterocycles. The zero-order chi connectivity index (χ0) is 40.5. The molecule has 0 aliphatic carbocycles. The summed E-state index contributed by atoms with van der Waals surface area (Å²) in [6.45, 7) is 8.65. The lowest BCUT2D eigenvalue weighted by Crippen LogP contribution is -2.04. The van der Waals surface area contributed by atoms with Crippen molar-refractivity contribution in [2.75, 3.05) is 0 Å². The Morgan fingerprint density at radius 3 is 1.18 bits per heavy atom. The molecule has 0 radical (unpaired) electrons. The summed E-state index contributed by atoms with van der Waals surface area (Å²) in [6, 6.07) is 56.1. The molecule has 4 aromatic heterocycles. The van der Waals surface area contributed by atoms with Crippen LogP contribution in [-0.2, 0) is 0 Å². The lowest BCUT2D eigenvalue weighted by atomic mass is 9.99. The Labute approximate surface area is 348 Å². The number of aromatic nitrogens is 6. The van der Waals surface area contributed by atoms with Gasteiger partial charge in [0.15, 0.2) is 17.5 Å². The second-order valence-corrected chi connectivity index (χ2v) is 15.9. The second kappa shape index (κ2) is 14.0. The first-order chi connectivity index (χ1) is 29.4. The van der Waals surface area contributed by atoms with Crippen molar-refractivity contribution in [1.29, 1.82) is 0 Å². The van der Waals surface area contributed by atoms with Crippen LogP contribution in [0.5, 0.6) is 0 Å². The summed E-state index contributed by atoms with van der Waals surface area (Å²) in [5.74, 6) is 1.84. The summed E-state index contributed by atoms with van der Waals surface area (Å²) in [5.41, 5.74) is 16.3. The fourth-order valence-corrected chi connectivity index (χ4v) is 8.83. The average Bonchev–Trinajstić information content (AvgIpc) is 3.77. The van der Waals surface area contributed by atoms with Gasteiger partial charge in [-0.05, 0) is 100 Å². The van der Waals surface area contributed by atoms with Crippen molar-refractivity contribution in [3.63, 3.8) is 0 Å². The highest BCUT2D eigenvalue weighted by Gasteiger charge is 2.23. The highest BCUT2D eigenvalue weighted by atomic mass is 15.0. The Bertz CT molecular complexity index is 3290. The van der Waals surface area contributed by atoms with Crippen LogP contribution in [0.1, 0.15) is 22.3 Å². The number of benzene rings is 7. The molecule has 60 heavy (non-hydrogen) atoms. The molecule has 0 aliphatic rings. The molecule has 0 bridgehead atoms. The second-order valence-electron chi connectivity index (χ2n) is 15.9. The van der Waals surface area contributed by atoms with Crippen LogP contribution in [0.25, 0.3) is 100 Å². The quantitative estimate of drug-likeness (QED) is 0.169. The van der Waals surface area contributed by atoms with E-state index in [0.29, 0.717) is 17.5 Å². The minimum Gasteiger partial charge on any atom is -0.309 e. The monoisotopic (exact) mass is 772 g/mol. The largest absolute Gasteiger partial charge is 0.309 e. The molecular formula is C54H40N6. The van der Waals surface area contributed by atoms with Gasteiger partial charge in [-0.2, -0.15) is 0 Å². The number of rotatable bonds is 6. The van der Waals surface area contributed by atoms with Gasteiger partial charge < -0.3 is 9.13 Å². The zero-order valence-electron chi connectivity index (χ0n) is 33.8. The van der Waals surface area contributed by atoms with Crippen LogP contribution in [-0.4, -0.2) is 29.1 Å². The van der Waals surface area contributed by atoms with Crippen molar-refractivity contribution in [3.05, 3.63) is 192 Å². The van der Waals surface area contributed by atoms with E-state index < -0.39 is 0 Å². The molecule has 0 spiro atoms. The molecule has 11 rings (SSSR count). The average molecular weight is 773 g/mol. The number of hydrogen-bond acceptors (Lipinski definition) is 4. The van der Waals surface area contributed by atoms with Gasteiger partial charge in [0, 0.05) is 61.8 Å². The molecule has 7 aromatic carbocycles.